The van der Waals surface area contributed by atoms with Crippen LogP contribution in [0.2, 0.25) is 5.02 Å². The van der Waals surface area contributed by atoms with Crippen molar-refractivity contribution in [3.8, 4) is 11.5 Å². The molecule has 0 spiro atoms. The van der Waals surface area contributed by atoms with E-state index >= 15 is 0 Å². The molecular weight excluding hydrogens is 380 g/mol. The van der Waals surface area contributed by atoms with Crippen molar-refractivity contribution in [2.24, 2.45) is 0 Å². The van der Waals surface area contributed by atoms with Crippen molar-refractivity contribution in [3.63, 3.8) is 0 Å². The van der Waals surface area contributed by atoms with Crippen LogP contribution in [0.1, 0.15) is 22.8 Å². The first kappa shape index (κ1) is 19.8. The number of benzene rings is 2. The summed E-state index contributed by atoms with van der Waals surface area (Å²) in [6, 6.07) is 8.34. The summed E-state index contributed by atoms with van der Waals surface area (Å²) in [6.07, 6.45) is 1.57. The second kappa shape index (κ2) is 7.94. The summed E-state index contributed by atoms with van der Waals surface area (Å²) in [5.41, 5.74) is 1.77. The number of fused-ring (bicyclic) bond motifs is 1. The van der Waals surface area contributed by atoms with E-state index in [0.29, 0.717) is 34.1 Å². The molecule has 0 aliphatic carbocycles. The first-order chi connectivity index (χ1) is 13.4. The Morgan fingerprint density at radius 3 is 2.50 bits per heavy atom. The van der Waals surface area contributed by atoms with Gasteiger partial charge in [-0.15, -0.1) is 0 Å². The number of pyridine rings is 1. The topological polar surface area (TPSA) is 69.6 Å². The van der Waals surface area contributed by atoms with Crippen LogP contribution in [0.3, 0.4) is 0 Å². The third kappa shape index (κ3) is 3.43. The van der Waals surface area contributed by atoms with Crippen LogP contribution in [0, 0.1) is 6.92 Å². The molecule has 0 aliphatic rings. The highest BCUT2D eigenvalue weighted by atomic mass is 35.5. The highest BCUT2D eigenvalue weighted by molar-refractivity contribution is 6.32. The zero-order valence-corrected chi connectivity index (χ0v) is 16.9. The van der Waals surface area contributed by atoms with Crippen LogP contribution in [0.5, 0.6) is 11.5 Å². The predicted octanol–water partition coefficient (Wildman–Crippen LogP) is 4.25. The fourth-order valence-electron chi connectivity index (χ4n) is 3.18. The van der Waals surface area contributed by atoms with E-state index in [-0.39, 0.29) is 11.0 Å². The number of nitrogens with one attached hydrogen (secondary N) is 1. The van der Waals surface area contributed by atoms with Crippen LogP contribution < -0.4 is 20.2 Å². The van der Waals surface area contributed by atoms with Gasteiger partial charge in [0.05, 0.1) is 19.7 Å². The summed E-state index contributed by atoms with van der Waals surface area (Å²) in [7, 11) is 3.05. The zero-order chi connectivity index (χ0) is 20.4. The molecule has 0 radical (unpaired) electrons. The molecule has 3 rings (SSSR count). The van der Waals surface area contributed by atoms with Gasteiger partial charge in [-0.3, -0.25) is 9.59 Å². The average molecular weight is 401 g/mol. The normalized spacial score (nSPS) is 10.8. The van der Waals surface area contributed by atoms with Crippen molar-refractivity contribution in [1.82, 2.24) is 4.57 Å². The standard InChI is InChI=1S/C21H21ClN2O4/c1-5-24-11-15(20(25)14-7-8-16(22)12(2)19(14)24)21(26)23-13-6-9-17(27-3)18(10-13)28-4/h6-11H,5H2,1-4H3,(H,23,26). The third-order valence-corrected chi connectivity index (χ3v) is 5.06. The predicted molar refractivity (Wildman–Crippen MR) is 111 cm³/mol. The molecule has 0 fully saturated rings. The number of methoxy groups -OCH3 is 2. The molecule has 28 heavy (non-hydrogen) atoms. The van der Waals surface area contributed by atoms with Gasteiger partial charge in [-0.2, -0.15) is 0 Å². The van der Waals surface area contributed by atoms with Gasteiger partial charge in [0.2, 0.25) is 5.43 Å². The molecule has 146 valence electrons. The molecule has 0 bridgehead atoms. The minimum absolute atomic E-state index is 0.0610. The summed E-state index contributed by atoms with van der Waals surface area (Å²) in [6.45, 7) is 4.40. The second-order valence-electron chi connectivity index (χ2n) is 6.25. The lowest BCUT2D eigenvalue weighted by atomic mass is 10.1. The van der Waals surface area contributed by atoms with Gasteiger partial charge in [0, 0.05) is 34.9 Å². The summed E-state index contributed by atoms with van der Waals surface area (Å²) in [5, 5.41) is 3.80. The van der Waals surface area contributed by atoms with Gasteiger partial charge in [0.1, 0.15) is 5.56 Å². The molecule has 0 unspecified atom stereocenters. The van der Waals surface area contributed by atoms with Gasteiger partial charge in [0.15, 0.2) is 11.5 Å². The van der Waals surface area contributed by atoms with E-state index in [9.17, 15) is 9.59 Å². The molecule has 3 aromatic rings. The van der Waals surface area contributed by atoms with Gasteiger partial charge < -0.3 is 19.4 Å². The number of carbonyl (C=O) groups is 1. The van der Waals surface area contributed by atoms with Crippen LogP contribution in [-0.4, -0.2) is 24.7 Å². The smallest absolute Gasteiger partial charge is 0.261 e. The highest BCUT2D eigenvalue weighted by Crippen LogP contribution is 2.30. The molecule has 0 saturated heterocycles. The van der Waals surface area contributed by atoms with Gasteiger partial charge >= 0.3 is 0 Å². The second-order valence-corrected chi connectivity index (χ2v) is 6.66. The largest absolute Gasteiger partial charge is 0.493 e. The van der Waals surface area contributed by atoms with Gasteiger partial charge in [-0.1, -0.05) is 11.6 Å². The minimum atomic E-state index is -0.492. The van der Waals surface area contributed by atoms with E-state index in [4.69, 9.17) is 21.1 Å². The molecule has 1 N–H and O–H groups in total. The number of rotatable bonds is 5. The maximum atomic E-state index is 13.0. The van der Waals surface area contributed by atoms with E-state index in [2.05, 4.69) is 5.32 Å². The van der Waals surface area contributed by atoms with Crippen LogP contribution >= 0.6 is 11.6 Å². The Balaban J connectivity index is 2.06. The molecule has 0 saturated carbocycles. The van der Waals surface area contributed by atoms with Crippen molar-refractivity contribution in [1.29, 1.82) is 0 Å². The number of ether oxygens (including phenoxy) is 2. The first-order valence-electron chi connectivity index (χ1n) is 8.76. The number of amides is 1. The maximum Gasteiger partial charge on any atom is 0.261 e. The molecule has 6 nitrogen and oxygen atoms in total. The fraction of sp³-hybridized carbons (Fsp3) is 0.238. The zero-order valence-electron chi connectivity index (χ0n) is 16.1. The lowest BCUT2D eigenvalue weighted by molar-refractivity contribution is 0.102. The van der Waals surface area contributed by atoms with E-state index in [1.165, 1.54) is 14.2 Å². The number of aromatic nitrogens is 1. The van der Waals surface area contributed by atoms with E-state index < -0.39 is 5.91 Å². The van der Waals surface area contributed by atoms with Crippen molar-refractivity contribution in [2.45, 2.75) is 20.4 Å². The number of hydrogen-bond donors (Lipinski definition) is 1. The quantitative estimate of drug-likeness (QED) is 0.695. The van der Waals surface area contributed by atoms with E-state index in [0.717, 1.165) is 11.1 Å². The van der Waals surface area contributed by atoms with Crippen molar-refractivity contribution < 1.29 is 14.3 Å². The van der Waals surface area contributed by atoms with Crippen molar-refractivity contribution in [2.75, 3.05) is 19.5 Å². The molecular formula is C21H21ClN2O4. The number of nitrogens with zero attached hydrogens (tertiary/aromatic N) is 1. The van der Waals surface area contributed by atoms with E-state index in [1.54, 1.807) is 36.5 Å². The van der Waals surface area contributed by atoms with Crippen molar-refractivity contribution in [3.05, 3.63) is 62.9 Å². The fourth-order valence-corrected chi connectivity index (χ4v) is 3.33. The van der Waals surface area contributed by atoms with Crippen LogP contribution in [0.25, 0.3) is 10.9 Å². The lowest BCUT2D eigenvalue weighted by Gasteiger charge is -2.15. The Bertz CT molecular complexity index is 1120. The Kier molecular flexibility index (Phi) is 5.61. The Labute approximate surface area is 167 Å². The van der Waals surface area contributed by atoms with Crippen molar-refractivity contribution >= 4 is 34.1 Å². The molecule has 7 heteroatoms. The van der Waals surface area contributed by atoms with Crippen LogP contribution in [0.4, 0.5) is 5.69 Å². The monoisotopic (exact) mass is 400 g/mol. The summed E-state index contributed by atoms with van der Waals surface area (Å²) in [4.78, 5) is 25.8. The lowest BCUT2D eigenvalue weighted by Crippen LogP contribution is -2.24. The summed E-state index contributed by atoms with van der Waals surface area (Å²) >= 11 is 6.22. The number of halogens is 1. The first-order valence-corrected chi connectivity index (χ1v) is 9.14. The molecule has 1 amide bonds. The number of carbonyl (C=O) groups excluding carboxylic acids is 1. The number of anilines is 1. The average Bonchev–Trinajstić information content (AvgIpc) is 2.70. The number of hydrogen-bond acceptors (Lipinski definition) is 4. The Hall–Kier alpha value is -2.99. The minimum Gasteiger partial charge on any atom is -0.493 e. The van der Waals surface area contributed by atoms with Gasteiger partial charge in [-0.05, 0) is 43.7 Å². The van der Waals surface area contributed by atoms with Crippen LogP contribution in [-0.2, 0) is 6.54 Å². The van der Waals surface area contributed by atoms with Gasteiger partial charge in [0.25, 0.3) is 5.91 Å². The molecule has 2 aromatic carbocycles. The molecule has 1 aromatic heterocycles. The van der Waals surface area contributed by atoms with E-state index in [1.807, 2.05) is 18.4 Å². The highest BCUT2D eigenvalue weighted by Gasteiger charge is 2.18. The molecule has 1 heterocycles. The third-order valence-electron chi connectivity index (χ3n) is 4.65. The maximum absolute atomic E-state index is 13.0. The summed E-state index contributed by atoms with van der Waals surface area (Å²) < 4.78 is 12.3. The van der Waals surface area contributed by atoms with Crippen LogP contribution in [0.15, 0.2) is 41.3 Å². The van der Waals surface area contributed by atoms with Gasteiger partial charge in [-0.25, -0.2) is 0 Å². The molecule has 0 atom stereocenters. The summed E-state index contributed by atoms with van der Waals surface area (Å²) in [5.74, 6) is 0.538. The molecule has 0 aliphatic heterocycles. The SMILES string of the molecule is CCn1cc(C(=O)Nc2ccc(OC)c(OC)c2)c(=O)c2ccc(Cl)c(C)c21. The Morgan fingerprint density at radius 1 is 1.14 bits per heavy atom. The Morgan fingerprint density at radius 2 is 1.86 bits per heavy atom. The number of aryl methyl sites for hydroxylation is 2.